The molecule has 20 heavy (non-hydrogen) atoms. The molecule has 1 aromatic carbocycles. The molecule has 6 nitrogen and oxygen atoms in total. The van der Waals surface area contributed by atoms with Crippen LogP contribution in [-0.4, -0.2) is 13.4 Å². The lowest BCUT2D eigenvalue weighted by atomic mass is 10.3. The van der Waals surface area contributed by atoms with Gasteiger partial charge in [-0.2, -0.15) is 0 Å². The maximum atomic E-state index is 12.1. The van der Waals surface area contributed by atoms with Crippen LogP contribution in [0.25, 0.3) is 0 Å². The number of anilines is 1. The summed E-state index contributed by atoms with van der Waals surface area (Å²) in [5.41, 5.74) is 5.93. The van der Waals surface area contributed by atoms with Crippen LogP contribution < -0.4 is 10.5 Å². The van der Waals surface area contributed by atoms with Gasteiger partial charge in [0.05, 0.1) is 17.8 Å². The monoisotopic (exact) mass is 315 g/mol. The highest BCUT2D eigenvalue weighted by atomic mass is 35.5. The van der Waals surface area contributed by atoms with Gasteiger partial charge in [0.2, 0.25) is 15.9 Å². The molecule has 0 atom stereocenters. The highest BCUT2D eigenvalue weighted by Gasteiger charge is 2.18. The van der Waals surface area contributed by atoms with Crippen LogP contribution >= 0.6 is 11.6 Å². The van der Waals surface area contributed by atoms with E-state index in [0.29, 0.717) is 23.8 Å². The number of nitrogen functional groups attached to an aromatic ring is 1. The van der Waals surface area contributed by atoms with Crippen LogP contribution in [0.2, 0.25) is 5.02 Å². The molecule has 1 aromatic heterocycles. The van der Waals surface area contributed by atoms with E-state index >= 15 is 0 Å². The number of nitrogens with two attached hydrogens (primary N) is 1. The number of aryl methyl sites for hydroxylation is 1. The summed E-state index contributed by atoms with van der Waals surface area (Å²) in [7, 11) is -3.74. The van der Waals surface area contributed by atoms with Gasteiger partial charge in [-0.15, -0.1) is 0 Å². The zero-order chi connectivity index (χ0) is 14.8. The summed E-state index contributed by atoms with van der Waals surface area (Å²) < 4.78 is 31.9. The number of sulfonamides is 1. The number of hydrogen-bond donors (Lipinski definition) is 2. The van der Waals surface area contributed by atoms with E-state index in [-0.39, 0.29) is 16.5 Å². The first-order valence-corrected chi connectivity index (χ1v) is 7.76. The van der Waals surface area contributed by atoms with Crippen LogP contribution in [0.1, 0.15) is 18.6 Å². The molecule has 2 rings (SSSR count). The molecule has 2 aromatic rings. The second-order valence-corrected chi connectivity index (χ2v) is 6.23. The van der Waals surface area contributed by atoms with E-state index in [9.17, 15) is 8.42 Å². The van der Waals surface area contributed by atoms with E-state index in [1.807, 2.05) is 6.92 Å². The first kappa shape index (κ1) is 14.8. The SMILES string of the molecule is CCc1cnc(CNS(=O)(=O)c2ccc(N)cc2Cl)o1. The number of nitrogens with zero attached hydrogens (tertiary/aromatic N) is 1. The normalized spacial score (nSPS) is 11.7. The van der Waals surface area contributed by atoms with Crippen molar-refractivity contribution in [2.24, 2.45) is 0 Å². The highest BCUT2D eigenvalue weighted by molar-refractivity contribution is 7.89. The third-order valence-corrected chi connectivity index (χ3v) is 4.49. The summed E-state index contributed by atoms with van der Waals surface area (Å²) in [4.78, 5) is 3.94. The van der Waals surface area contributed by atoms with E-state index in [0.717, 1.165) is 0 Å². The third-order valence-electron chi connectivity index (χ3n) is 2.61. The maximum absolute atomic E-state index is 12.1. The average molecular weight is 316 g/mol. The number of aromatic nitrogens is 1. The highest BCUT2D eigenvalue weighted by Crippen LogP contribution is 2.23. The van der Waals surface area contributed by atoms with E-state index in [1.54, 1.807) is 6.20 Å². The summed E-state index contributed by atoms with van der Waals surface area (Å²) in [5, 5.41) is 0.0687. The second-order valence-electron chi connectivity index (χ2n) is 4.09. The van der Waals surface area contributed by atoms with E-state index < -0.39 is 10.0 Å². The van der Waals surface area contributed by atoms with Crippen molar-refractivity contribution in [2.45, 2.75) is 24.8 Å². The van der Waals surface area contributed by atoms with Crippen LogP contribution in [0.4, 0.5) is 5.69 Å². The van der Waals surface area contributed by atoms with Crippen LogP contribution in [0.3, 0.4) is 0 Å². The van der Waals surface area contributed by atoms with Crippen molar-refractivity contribution in [3.8, 4) is 0 Å². The molecule has 0 aliphatic heterocycles. The Bertz CT molecular complexity index is 712. The molecule has 0 saturated heterocycles. The molecule has 0 saturated carbocycles. The van der Waals surface area contributed by atoms with Crippen LogP contribution in [0.5, 0.6) is 0 Å². The van der Waals surface area contributed by atoms with Gasteiger partial charge in [0.25, 0.3) is 0 Å². The standard InChI is InChI=1S/C12H14ClN3O3S/c1-2-9-6-15-12(19-9)7-16-20(17,18)11-4-3-8(14)5-10(11)13/h3-6,16H,2,7,14H2,1H3. The summed E-state index contributed by atoms with van der Waals surface area (Å²) in [6, 6.07) is 4.21. The van der Waals surface area contributed by atoms with Crippen molar-refractivity contribution in [1.29, 1.82) is 0 Å². The topological polar surface area (TPSA) is 98.2 Å². The van der Waals surface area contributed by atoms with Crippen molar-refractivity contribution < 1.29 is 12.8 Å². The molecule has 0 radical (unpaired) electrons. The lowest BCUT2D eigenvalue weighted by Gasteiger charge is -2.07. The quantitative estimate of drug-likeness (QED) is 0.822. The molecular weight excluding hydrogens is 302 g/mol. The van der Waals surface area contributed by atoms with Gasteiger partial charge < -0.3 is 10.2 Å². The van der Waals surface area contributed by atoms with E-state index in [4.69, 9.17) is 21.8 Å². The summed E-state index contributed by atoms with van der Waals surface area (Å²) in [5.74, 6) is 1.00. The van der Waals surface area contributed by atoms with Gasteiger partial charge >= 0.3 is 0 Å². The van der Waals surface area contributed by atoms with Crippen molar-refractivity contribution in [1.82, 2.24) is 9.71 Å². The van der Waals surface area contributed by atoms with Crippen LogP contribution in [0.15, 0.2) is 33.7 Å². The maximum Gasteiger partial charge on any atom is 0.242 e. The van der Waals surface area contributed by atoms with Gasteiger partial charge in [-0.05, 0) is 18.2 Å². The Labute approximate surface area is 122 Å². The van der Waals surface area contributed by atoms with Crippen molar-refractivity contribution in [2.75, 3.05) is 5.73 Å². The minimum Gasteiger partial charge on any atom is -0.444 e. The zero-order valence-corrected chi connectivity index (χ0v) is 12.3. The van der Waals surface area contributed by atoms with Crippen molar-refractivity contribution in [3.63, 3.8) is 0 Å². The second kappa shape index (κ2) is 5.82. The fourth-order valence-corrected chi connectivity index (χ4v) is 3.09. The smallest absolute Gasteiger partial charge is 0.242 e. The van der Waals surface area contributed by atoms with Gasteiger partial charge in [0, 0.05) is 12.1 Å². The number of oxazole rings is 1. The molecule has 0 fully saturated rings. The van der Waals surface area contributed by atoms with Gasteiger partial charge in [-0.25, -0.2) is 18.1 Å². The Kier molecular flexibility index (Phi) is 4.32. The fraction of sp³-hybridized carbons (Fsp3) is 0.250. The molecule has 8 heteroatoms. The van der Waals surface area contributed by atoms with E-state index in [2.05, 4.69) is 9.71 Å². The molecule has 0 amide bonds. The van der Waals surface area contributed by atoms with Crippen molar-refractivity contribution >= 4 is 27.3 Å². The molecule has 0 unspecified atom stereocenters. The first-order chi connectivity index (χ1) is 9.42. The molecule has 0 aliphatic rings. The average Bonchev–Trinajstić information content (AvgIpc) is 2.84. The predicted molar refractivity (Wildman–Crippen MR) is 75.8 cm³/mol. The van der Waals surface area contributed by atoms with E-state index in [1.165, 1.54) is 18.2 Å². The number of nitrogens with one attached hydrogen (secondary N) is 1. The Balaban J connectivity index is 2.14. The Morgan fingerprint density at radius 2 is 2.20 bits per heavy atom. The number of benzene rings is 1. The first-order valence-electron chi connectivity index (χ1n) is 5.90. The van der Waals surface area contributed by atoms with Crippen molar-refractivity contribution in [3.05, 3.63) is 41.1 Å². The number of hydrogen-bond acceptors (Lipinski definition) is 5. The molecule has 0 spiro atoms. The summed E-state index contributed by atoms with van der Waals surface area (Å²) in [6.45, 7) is 1.88. The lowest BCUT2D eigenvalue weighted by Crippen LogP contribution is -2.23. The lowest BCUT2D eigenvalue weighted by molar-refractivity contribution is 0.452. The Morgan fingerprint density at radius 1 is 1.45 bits per heavy atom. The van der Waals surface area contributed by atoms with Gasteiger partial charge in [-0.1, -0.05) is 18.5 Å². The Morgan fingerprint density at radius 3 is 2.80 bits per heavy atom. The minimum absolute atomic E-state index is 0.0318. The Hall–Kier alpha value is -1.57. The summed E-state index contributed by atoms with van der Waals surface area (Å²) >= 11 is 5.88. The molecule has 108 valence electrons. The third kappa shape index (κ3) is 3.30. The largest absolute Gasteiger partial charge is 0.444 e. The number of halogens is 1. The molecule has 1 heterocycles. The number of rotatable bonds is 5. The molecule has 3 N–H and O–H groups in total. The predicted octanol–water partition coefficient (Wildman–Crippen LogP) is 1.95. The van der Waals surface area contributed by atoms with Gasteiger partial charge in [0.1, 0.15) is 10.7 Å². The fourth-order valence-electron chi connectivity index (χ4n) is 1.56. The van der Waals surface area contributed by atoms with Crippen LogP contribution in [0, 0.1) is 0 Å². The van der Waals surface area contributed by atoms with Crippen LogP contribution in [-0.2, 0) is 23.0 Å². The molecule has 0 bridgehead atoms. The van der Waals surface area contributed by atoms with Gasteiger partial charge in [-0.3, -0.25) is 0 Å². The molecule has 0 aliphatic carbocycles. The summed E-state index contributed by atoms with van der Waals surface area (Å²) in [6.07, 6.45) is 2.27. The molecular formula is C12H14ClN3O3S. The van der Waals surface area contributed by atoms with Gasteiger partial charge in [0.15, 0.2) is 0 Å². The zero-order valence-electron chi connectivity index (χ0n) is 10.8. The minimum atomic E-state index is -3.74.